The summed E-state index contributed by atoms with van der Waals surface area (Å²) in [6.45, 7) is 0. The highest BCUT2D eigenvalue weighted by Gasteiger charge is 2.25. The Kier molecular flexibility index (Phi) is 9.39. The zero-order valence-electron chi connectivity index (χ0n) is 36.7. The molecule has 0 fully saturated rings. The van der Waals surface area contributed by atoms with Gasteiger partial charge in [0.15, 0.2) is 17.5 Å². The molecule has 4 heterocycles. The Bertz CT molecular complexity index is 3940. The maximum absolute atomic E-state index is 7.08. The first-order chi connectivity index (χ1) is 33.7. The molecule has 0 amide bonds. The van der Waals surface area contributed by atoms with Crippen molar-refractivity contribution < 1.29 is 4.42 Å². The first kappa shape index (κ1) is 39.1. The van der Waals surface area contributed by atoms with Crippen molar-refractivity contribution in [3.63, 3.8) is 0 Å². The zero-order valence-corrected chi connectivity index (χ0v) is 36.7. The third-order valence-corrected chi connectivity index (χ3v) is 12.9. The van der Waals surface area contributed by atoms with Crippen LogP contribution in [0.1, 0.15) is 0 Å². The Balaban J connectivity index is 0.930. The number of aromatic nitrogens is 5. The number of fused-ring (bicyclic) bond motifs is 6. The molecule has 6 heteroatoms. The quantitative estimate of drug-likeness (QED) is 0.152. The van der Waals surface area contributed by atoms with Gasteiger partial charge in [0.1, 0.15) is 11.3 Å². The molecule has 13 rings (SSSR count). The largest absolute Gasteiger partial charge is 0.455 e. The van der Waals surface area contributed by atoms with Crippen molar-refractivity contribution in [3.05, 3.63) is 237 Å². The normalized spacial score (nSPS) is 11.5. The number of nitrogens with zero attached hydrogens (tertiary/aromatic N) is 5. The lowest BCUT2D eigenvalue weighted by atomic mass is 9.94. The van der Waals surface area contributed by atoms with Crippen LogP contribution in [0, 0.1) is 0 Å². The topological polar surface area (TPSA) is 69.6 Å². The van der Waals surface area contributed by atoms with Gasteiger partial charge in [-0.15, -0.1) is 0 Å². The summed E-state index contributed by atoms with van der Waals surface area (Å²) in [5.41, 5.74) is 14.8. The van der Waals surface area contributed by atoms with E-state index in [0.717, 1.165) is 100 Å². The summed E-state index contributed by atoms with van der Waals surface area (Å²) in [4.78, 5) is 20.7. The Labute approximate surface area is 392 Å². The van der Waals surface area contributed by atoms with Gasteiger partial charge in [-0.05, 0) is 53.1 Å². The summed E-state index contributed by atoms with van der Waals surface area (Å²) < 4.78 is 9.40. The first-order valence-corrected chi connectivity index (χ1v) is 22.8. The Hall–Kier alpha value is -9.26. The van der Waals surface area contributed by atoms with Crippen LogP contribution in [0.4, 0.5) is 0 Å². The second-order valence-electron chi connectivity index (χ2n) is 17.0. The van der Waals surface area contributed by atoms with Gasteiger partial charge < -0.3 is 8.98 Å². The van der Waals surface area contributed by atoms with Crippen molar-refractivity contribution in [2.45, 2.75) is 0 Å². The minimum atomic E-state index is 0.595. The summed E-state index contributed by atoms with van der Waals surface area (Å²) in [6, 6.07) is 81.9. The van der Waals surface area contributed by atoms with Gasteiger partial charge in [-0.2, -0.15) is 0 Å². The van der Waals surface area contributed by atoms with E-state index in [-0.39, 0.29) is 0 Å². The highest BCUT2D eigenvalue weighted by Crippen LogP contribution is 2.47. The van der Waals surface area contributed by atoms with E-state index >= 15 is 0 Å². The van der Waals surface area contributed by atoms with Crippen molar-refractivity contribution in [3.8, 4) is 84.7 Å². The third-order valence-electron chi connectivity index (χ3n) is 12.9. The van der Waals surface area contributed by atoms with Gasteiger partial charge in [-0.3, -0.25) is 0 Å². The van der Waals surface area contributed by atoms with Gasteiger partial charge in [0.25, 0.3) is 0 Å². The fraction of sp³-hybridized carbons (Fsp3) is 0. The van der Waals surface area contributed by atoms with E-state index in [1.54, 1.807) is 0 Å². The van der Waals surface area contributed by atoms with Gasteiger partial charge >= 0.3 is 0 Å². The second kappa shape index (κ2) is 16.3. The molecule has 0 aliphatic carbocycles. The van der Waals surface area contributed by atoms with Gasteiger partial charge in [0.2, 0.25) is 0 Å². The predicted molar refractivity (Wildman–Crippen MR) is 277 cm³/mol. The molecule has 0 bridgehead atoms. The molecule has 4 aromatic heterocycles. The van der Waals surface area contributed by atoms with Gasteiger partial charge in [-0.1, -0.05) is 200 Å². The SMILES string of the molecule is c1ccc(-c2nc(-c3ccc(-c4ccc5nc(-c6ccccc6)c6c(-c7ccccc7)c(-c7ccccc7)oc6c5c4)cc3)nc(-c3cccc(-n4c5ccccc5c5ccccc54)c3)n2)cc1. The molecular weight excluding hydrogens is 831 g/mol. The van der Waals surface area contributed by atoms with E-state index in [1.165, 1.54) is 10.8 Å². The van der Waals surface area contributed by atoms with Crippen LogP contribution in [0.2, 0.25) is 0 Å². The number of hydrogen-bond acceptors (Lipinski definition) is 5. The lowest BCUT2D eigenvalue weighted by molar-refractivity contribution is 0.636. The van der Waals surface area contributed by atoms with Crippen LogP contribution >= 0.6 is 0 Å². The molecule has 0 unspecified atom stereocenters. The average Bonchev–Trinajstić information content (AvgIpc) is 3.99. The number of hydrogen-bond donors (Lipinski definition) is 0. The van der Waals surface area contributed by atoms with Crippen LogP contribution in [0.5, 0.6) is 0 Å². The molecule has 0 N–H and O–H groups in total. The molecule has 13 aromatic rings. The number of para-hydroxylation sites is 2. The molecule has 0 spiro atoms. The van der Waals surface area contributed by atoms with Gasteiger partial charge in [-0.25, -0.2) is 19.9 Å². The summed E-state index contributed by atoms with van der Waals surface area (Å²) in [5, 5.41) is 4.36. The number of benzene rings is 9. The molecule has 6 nitrogen and oxygen atoms in total. The van der Waals surface area contributed by atoms with Crippen molar-refractivity contribution in [2.24, 2.45) is 0 Å². The Morgan fingerprint density at radius 1 is 0.324 bits per heavy atom. The standard InChI is InChI=1S/C62H39N5O/c1-5-18-41(19-6-1)55-56-57(42-20-7-2-8-21-42)63-52-37-36-46(39-51(52)59(56)68-58(55)43-22-9-3-10-23-43)40-32-34-45(35-33-40)61-64-60(44-24-11-4-12-25-44)65-62(66-61)47-26-17-27-48(38-47)67-53-30-15-13-28-49(53)50-29-14-16-31-54(50)67/h1-39H. The monoisotopic (exact) mass is 869 g/mol. The minimum Gasteiger partial charge on any atom is -0.455 e. The molecular formula is C62H39N5O. The van der Waals surface area contributed by atoms with Crippen molar-refractivity contribution in [2.75, 3.05) is 0 Å². The molecule has 318 valence electrons. The van der Waals surface area contributed by atoms with Gasteiger partial charge in [0.05, 0.1) is 27.6 Å². The summed E-state index contributed by atoms with van der Waals surface area (Å²) in [5.74, 6) is 2.63. The van der Waals surface area contributed by atoms with Crippen LogP contribution in [0.25, 0.3) is 128 Å². The molecule has 0 atom stereocenters. The molecule has 0 saturated heterocycles. The number of furan rings is 1. The van der Waals surface area contributed by atoms with E-state index < -0.39 is 0 Å². The maximum atomic E-state index is 7.08. The van der Waals surface area contributed by atoms with E-state index in [2.05, 4.69) is 193 Å². The van der Waals surface area contributed by atoms with Crippen molar-refractivity contribution in [1.82, 2.24) is 24.5 Å². The average molecular weight is 870 g/mol. The highest BCUT2D eigenvalue weighted by atomic mass is 16.3. The third kappa shape index (κ3) is 6.74. The van der Waals surface area contributed by atoms with Crippen molar-refractivity contribution >= 4 is 43.7 Å². The van der Waals surface area contributed by atoms with E-state index in [4.69, 9.17) is 24.4 Å². The lowest BCUT2D eigenvalue weighted by Crippen LogP contribution is -2.01. The van der Waals surface area contributed by atoms with E-state index in [0.29, 0.717) is 17.5 Å². The van der Waals surface area contributed by atoms with Crippen LogP contribution in [0.15, 0.2) is 241 Å². The van der Waals surface area contributed by atoms with Crippen LogP contribution < -0.4 is 0 Å². The Morgan fingerprint density at radius 3 is 1.44 bits per heavy atom. The molecule has 9 aromatic carbocycles. The lowest BCUT2D eigenvalue weighted by Gasteiger charge is -2.12. The Morgan fingerprint density at radius 2 is 0.809 bits per heavy atom. The molecule has 68 heavy (non-hydrogen) atoms. The maximum Gasteiger partial charge on any atom is 0.164 e. The van der Waals surface area contributed by atoms with E-state index in [1.807, 2.05) is 48.5 Å². The number of pyridine rings is 1. The van der Waals surface area contributed by atoms with Crippen molar-refractivity contribution in [1.29, 1.82) is 0 Å². The smallest absolute Gasteiger partial charge is 0.164 e. The van der Waals surface area contributed by atoms with Gasteiger partial charge in [0, 0.05) is 55.2 Å². The fourth-order valence-electron chi connectivity index (χ4n) is 9.64. The van der Waals surface area contributed by atoms with Crippen LogP contribution in [0.3, 0.4) is 0 Å². The molecule has 0 radical (unpaired) electrons. The highest BCUT2D eigenvalue weighted by molar-refractivity contribution is 6.17. The molecule has 0 aliphatic rings. The van der Waals surface area contributed by atoms with E-state index in [9.17, 15) is 0 Å². The van der Waals surface area contributed by atoms with Crippen LogP contribution in [-0.4, -0.2) is 24.5 Å². The predicted octanol–water partition coefficient (Wildman–Crippen LogP) is 15.9. The summed E-state index contributed by atoms with van der Waals surface area (Å²) >= 11 is 0. The number of rotatable bonds is 8. The summed E-state index contributed by atoms with van der Waals surface area (Å²) in [6.07, 6.45) is 0. The first-order valence-electron chi connectivity index (χ1n) is 22.8. The molecule has 0 saturated carbocycles. The second-order valence-corrected chi connectivity index (χ2v) is 17.0. The van der Waals surface area contributed by atoms with Crippen LogP contribution in [-0.2, 0) is 0 Å². The minimum absolute atomic E-state index is 0.595. The fourth-order valence-corrected chi connectivity index (χ4v) is 9.64. The molecule has 0 aliphatic heterocycles. The zero-order chi connectivity index (χ0) is 45.0. The summed E-state index contributed by atoms with van der Waals surface area (Å²) in [7, 11) is 0.